The van der Waals surface area contributed by atoms with Crippen LogP contribution in [0.1, 0.15) is 30.0 Å². The third kappa shape index (κ3) is 1.55. The molecule has 1 aliphatic rings. The fraction of sp³-hybridized carbons (Fsp3) is 0.267. The van der Waals surface area contributed by atoms with Crippen LogP contribution in [0.2, 0.25) is 0 Å². The van der Waals surface area contributed by atoms with Crippen molar-refractivity contribution >= 4 is 6.29 Å². The smallest absolute Gasteiger partial charge is 0.185 e. The first-order valence-corrected chi connectivity index (χ1v) is 5.92. The van der Waals surface area contributed by atoms with Gasteiger partial charge in [0.2, 0.25) is 0 Å². The van der Waals surface area contributed by atoms with Crippen LogP contribution < -0.4 is 4.74 Å². The van der Waals surface area contributed by atoms with Crippen LogP contribution in [0.4, 0.5) is 0 Å². The summed E-state index contributed by atoms with van der Waals surface area (Å²) in [7, 11) is 0. The third-order valence-corrected chi connectivity index (χ3v) is 3.41. The highest BCUT2D eigenvalue weighted by molar-refractivity contribution is 5.84. The van der Waals surface area contributed by atoms with Crippen molar-refractivity contribution in [3.05, 3.63) is 41.9 Å². The van der Waals surface area contributed by atoms with Crippen LogP contribution in [0.5, 0.6) is 5.75 Å². The second-order valence-corrected chi connectivity index (χ2v) is 5.20. The van der Waals surface area contributed by atoms with Gasteiger partial charge in [-0.3, -0.25) is 4.79 Å². The highest BCUT2D eigenvalue weighted by Gasteiger charge is 2.32. The molecule has 0 unspecified atom stereocenters. The van der Waals surface area contributed by atoms with Gasteiger partial charge in [-0.2, -0.15) is 0 Å². The molecule has 0 amide bonds. The van der Waals surface area contributed by atoms with E-state index >= 15 is 0 Å². The van der Waals surface area contributed by atoms with Gasteiger partial charge in [-0.15, -0.1) is 0 Å². The zero-order chi connectivity index (χ0) is 12.8. The van der Waals surface area contributed by atoms with Gasteiger partial charge in [0.05, 0.1) is 12.9 Å². The van der Waals surface area contributed by atoms with Gasteiger partial charge in [0.25, 0.3) is 0 Å². The zero-order valence-corrected chi connectivity index (χ0v) is 10.4. The minimum Gasteiger partial charge on any atom is -0.492 e. The van der Waals surface area contributed by atoms with E-state index in [1.807, 2.05) is 18.2 Å². The Morgan fingerprint density at radius 2 is 2.11 bits per heavy atom. The van der Waals surface area contributed by atoms with E-state index in [1.165, 1.54) is 11.8 Å². The predicted molar refractivity (Wildman–Crippen MR) is 68.1 cm³/mol. The van der Waals surface area contributed by atoms with E-state index in [-0.39, 0.29) is 5.41 Å². The fourth-order valence-corrected chi connectivity index (χ4v) is 2.34. The van der Waals surface area contributed by atoms with E-state index in [4.69, 9.17) is 9.15 Å². The molecule has 0 saturated carbocycles. The van der Waals surface area contributed by atoms with Crippen LogP contribution in [-0.4, -0.2) is 12.9 Å². The first-order valence-electron chi connectivity index (χ1n) is 5.92. The van der Waals surface area contributed by atoms with Crippen molar-refractivity contribution in [2.75, 3.05) is 6.61 Å². The Bertz CT molecular complexity index is 608. The number of furan rings is 1. The molecule has 0 spiro atoms. The van der Waals surface area contributed by atoms with Crippen LogP contribution in [0.3, 0.4) is 0 Å². The summed E-state index contributed by atoms with van der Waals surface area (Å²) in [5.74, 6) is 1.30. The Labute approximate surface area is 105 Å². The number of fused-ring (bicyclic) bond motifs is 1. The molecule has 0 N–H and O–H groups in total. The van der Waals surface area contributed by atoms with E-state index in [0.717, 1.165) is 23.2 Å². The molecule has 1 aromatic carbocycles. The van der Waals surface area contributed by atoms with Gasteiger partial charge in [-0.1, -0.05) is 19.9 Å². The van der Waals surface area contributed by atoms with E-state index < -0.39 is 0 Å². The monoisotopic (exact) mass is 242 g/mol. The van der Waals surface area contributed by atoms with E-state index in [2.05, 4.69) is 19.9 Å². The molecule has 3 rings (SSSR count). The number of carbonyl (C=O) groups excluding carboxylic acids is 1. The molecule has 2 heterocycles. The Hall–Kier alpha value is -2.03. The highest BCUT2D eigenvalue weighted by Crippen LogP contribution is 2.40. The van der Waals surface area contributed by atoms with Crippen LogP contribution in [0.25, 0.3) is 11.1 Å². The van der Waals surface area contributed by atoms with Gasteiger partial charge < -0.3 is 9.15 Å². The molecule has 1 aliphatic heterocycles. The summed E-state index contributed by atoms with van der Waals surface area (Å²) >= 11 is 0. The third-order valence-electron chi connectivity index (χ3n) is 3.41. The number of ether oxygens (including phenoxy) is 1. The minimum atomic E-state index is 0.0103. The lowest BCUT2D eigenvalue weighted by atomic mass is 9.85. The maximum Gasteiger partial charge on any atom is 0.185 e. The van der Waals surface area contributed by atoms with Crippen molar-refractivity contribution < 1.29 is 13.9 Å². The number of aldehydes is 1. The Morgan fingerprint density at radius 1 is 1.28 bits per heavy atom. The van der Waals surface area contributed by atoms with Crippen molar-refractivity contribution in [2.24, 2.45) is 0 Å². The lowest BCUT2D eigenvalue weighted by Crippen LogP contribution is -2.18. The summed E-state index contributed by atoms with van der Waals surface area (Å²) in [6, 6.07) is 7.81. The lowest BCUT2D eigenvalue weighted by molar-refractivity contribution is 0.110. The molecule has 3 heteroatoms. The van der Waals surface area contributed by atoms with Crippen molar-refractivity contribution in [1.82, 2.24) is 0 Å². The summed E-state index contributed by atoms with van der Waals surface area (Å²) in [6.07, 6.45) is 2.28. The van der Waals surface area contributed by atoms with Gasteiger partial charge in [0.1, 0.15) is 5.75 Å². The molecule has 0 aliphatic carbocycles. The molecule has 0 atom stereocenters. The minimum absolute atomic E-state index is 0.0103. The second kappa shape index (κ2) is 3.73. The van der Waals surface area contributed by atoms with E-state index in [0.29, 0.717) is 12.4 Å². The molecule has 0 saturated heterocycles. The summed E-state index contributed by atoms with van der Waals surface area (Å²) in [5, 5.41) is 0. The highest BCUT2D eigenvalue weighted by atomic mass is 16.5. The molecular formula is C15H14O3. The molecule has 92 valence electrons. The first kappa shape index (κ1) is 11.1. The second-order valence-electron chi connectivity index (χ2n) is 5.20. The molecule has 2 aromatic rings. The van der Waals surface area contributed by atoms with Gasteiger partial charge in [0, 0.05) is 16.5 Å². The molecule has 0 fully saturated rings. The first-order chi connectivity index (χ1) is 8.62. The molecular weight excluding hydrogens is 228 g/mol. The number of rotatable bonds is 2. The summed E-state index contributed by atoms with van der Waals surface area (Å²) in [5.41, 5.74) is 3.01. The molecule has 0 radical (unpaired) electrons. The summed E-state index contributed by atoms with van der Waals surface area (Å²) in [4.78, 5) is 10.9. The van der Waals surface area contributed by atoms with Crippen molar-refractivity contribution in [1.29, 1.82) is 0 Å². The van der Waals surface area contributed by atoms with Crippen molar-refractivity contribution in [3.63, 3.8) is 0 Å². The quantitative estimate of drug-likeness (QED) is 0.757. The van der Waals surface area contributed by atoms with E-state index in [1.54, 1.807) is 0 Å². The van der Waals surface area contributed by atoms with Crippen LogP contribution in [-0.2, 0) is 5.41 Å². The fourth-order valence-electron chi connectivity index (χ4n) is 2.34. The van der Waals surface area contributed by atoms with Gasteiger partial charge >= 0.3 is 0 Å². The Balaban J connectivity index is 2.14. The maximum absolute atomic E-state index is 10.9. The predicted octanol–water partition coefficient (Wildman–Crippen LogP) is 3.43. The largest absolute Gasteiger partial charge is 0.492 e. The standard InChI is InChI=1S/C15H14O3/c1-15(2)9-18-13-4-3-10(7-12(13)15)11-5-6-17-14(11)8-16/h3-8H,9H2,1-2H3. The van der Waals surface area contributed by atoms with Gasteiger partial charge in [-0.05, 0) is 23.8 Å². The zero-order valence-electron chi connectivity index (χ0n) is 10.4. The van der Waals surface area contributed by atoms with Gasteiger partial charge in [-0.25, -0.2) is 0 Å². The Morgan fingerprint density at radius 3 is 2.89 bits per heavy atom. The number of hydrogen-bond acceptors (Lipinski definition) is 3. The topological polar surface area (TPSA) is 39.4 Å². The average Bonchev–Trinajstić information content (AvgIpc) is 2.94. The Kier molecular flexibility index (Phi) is 2.30. The summed E-state index contributed by atoms with van der Waals surface area (Å²) in [6.45, 7) is 4.99. The van der Waals surface area contributed by atoms with Crippen LogP contribution in [0.15, 0.2) is 34.9 Å². The van der Waals surface area contributed by atoms with E-state index in [9.17, 15) is 4.79 Å². The molecule has 18 heavy (non-hydrogen) atoms. The van der Waals surface area contributed by atoms with Gasteiger partial charge in [0.15, 0.2) is 12.0 Å². The summed E-state index contributed by atoms with van der Waals surface area (Å²) < 4.78 is 10.8. The van der Waals surface area contributed by atoms with Crippen LogP contribution in [0, 0.1) is 0 Å². The van der Waals surface area contributed by atoms with Crippen molar-refractivity contribution in [3.8, 4) is 16.9 Å². The maximum atomic E-state index is 10.9. The SMILES string of the molecule is CC1(C)COc2ccc(-c3ccoc3C=O)cc21. The number of benzene rings is 1. The normalized spacial score (nSPS) is 16.1. The molecule has 0 bridgehead atoms. The van der Waals surface area contributed by atoms with Crippen molar-refractivity contribution in [2.45, 2.75) is 19.3 Å². The number of hydrogen-bond donors (Lipinski definition) is 0. The molecule has 3 nitrogen and oxygen atoms in total. The number of carbonyl (C=O) groups is 1. The average molecular weight is 242 g/mol. The lowest BCUT2D eigenvalue weighted by Gasteiger charge is -2.15. The molecule has 1 aromatic heterocycles. The van der Waals surface area contributed by atoms with Crippen LogP contribution >= 0.6 is 0 Å².